The van der Waals surface area contributed by atoms with Crippen molar-refractivity contribution < 1.29 is 9.53 Å². The van der Waals surface area contributed by atoms with Crippen molar-refractivity contribution in [1.82, 2.24) is 0 Å². The maximum Gasteiger partial charge on any atom is 0.404 e. The van der Waals surface area contributed by atoms with Crippen LogP contribution >= 0.6 is 0 Å². The third kappa shape index (κ3) is 2.38. The van der Waals surface area contributed by atoms with Gasteiger partial charge in [-0.15, -0.1) is 0 Å². The second-order valence-corrected chi connectivity index (χ2v) is 2.92. The number of nitrogens with two attached hydrogens (primary N) is 2. The van der Waals surface area contributed by atoms with Crippen LogP contribution in [0.15, 0.2) is 0 Å². The molecule has 0 unspecified atom stereocenters. The topological polar surface area (TPSA) is 78.3 Å². The summed E-state index contributed by atoms with van der Waals surface area (Å²) in [5.74, 6) is 0. The van der Waals surface area contributed by atoms with Crippen LogP contribution in [0.1, 0.15) is 25.7 Å². The Balaban J connectivity index is 2.35. The first-order chi connectivity index (χ1) is 5.20. The van der Waals surface area contributed by atoms with E-state index in [1.807, 2.05) is 0 Å². The minimum atomic E-state index is -0.715. The minimum absolute atomic E-state index is 0.0174. The molecule has 0 heterocycles. The van der Waals surface area contributed by atoms with Crippen LogP contribution in [-0.2, 0) is 4.74 Å². The van der Waals surface area contributed by atoms with Crippen molar-refractivity contribution in [2.45, 2.75) is 37.8 Å². The molecule has 0 bridgehead atoms. The van der Waals surface area contributed by atoms with Gasteiger partial charge in [0.1, 0.15) is 6.10 Å². The van der Waals surface area contributed by atoms with E-state index in [1.54, 1.807) is 0 Å². The van der Waals surface area contributed by atoms with E-state index in [2.05, 4.69) is 0 Å². The molecule has 4 N–H and O–H groups in total. The Hall–Kier alpha value is -0.770. The van der Waals surface area contributed by atoms with E-state index in [-0.39, 0.29) is 12.1 Å². The van der Waals surface area contributed by atoms with Crippen molar-refractivity contribution in [2.75, 3.05) is 0 Å². The van der Waals surface area contributed by atoms with Crippen LogP contribution in [0.25, 0.3) is 0 Å². The SMILES string of the molecule is NC(=O)O[C@@H]1CCCC[C@@H]1N. The molecule has 64 valence electrons. The van der Waals surface area contributed by atoms with Crippen LogP contribution in [-0.4, -0.2) is 18.2 Å². The van der Waals surface area contributed by atoms with Crippen LogP contribution in [0.4, 0.5) is 4.79 Å². The quantitative estimate of drug-likeness (QED) is 0.578. The molecule has 0 radical (unpaired) electrons. The number of primary amides is 1. The lowest BCUT2D eigenvalue weighted by atomic mass is 9.93. The van der Waals surface area contributed by atoms with Gasteiger partial charge in [-0.05, 0) is 19.3 Å². The van der Waals surface area contributed by atoms with Gasteiger partial charge in [0, 0.05) is 6.04 Å². The van der Waals surface area contributed by atoms with Crippen molar-refractivity contribution in [3.63, 3.8) is 0 Å². The number of rotatable bonds is 1. The molecule has 11 heavy (non-hydrogen) atoms. The second kappa shape index (κ2) is 3.57. The van der Waals surface area contributed by atoms with E-state index >= 15 is 0 Å². The summed E-state index contributed by atoms with van der Waals surface area (Å²) in [5.41, 5.74) is 10.6. The molecule has 0 aromatic rings. The maximum absolute atomic E-state index is 10.4. The molecule has 0 aliphatic heterocycles. The molecular weight excluding hydrogens is 144 g/mol. The highest BCUT2D eigenvalue weighted by Crippen LogP contribution is 2.19. The Kier molecular flexibility index (Phi) is 2.70. The Morgan fingerprint density at radius 3 is 2.55 bits per heavy atom. The summed E-state index contributed by atoms with van der Waals surface area (Å²) in [6.45, 7) is 0. The Bertz CT molecular complexity index is 149. The molecule has 1 saturated carbocycles. The zero-order valence-electron chi connectivity index (χ0n) is 6.45. The monoisotopic (exact) mass is 158 g/mol. The smallest absolute Gasteiger partial charge is 0.404 e. The second-order valence-electron chi connectivity index (χ2n) is 2.92. The third-order valence-electron chi connectivity index (χ3n) is 2.02. The number of carbonyl (C=O) groups is 1. The number of hydrogen-bond donors (Lipinski definition) is 2. The molecule has 1 fully saturated rings. The van der Waals surface area contributed by atoms with Crippen LogP contribution in [0.5, 0.6) is 0 Å². The highest BCUT2D eigenvalue weighted by atomic mass is 16.6. The van der Waals surface area contributed by atoms with Gasteiger partial charge in [0.15, 0.2) is 0 Å². The molecule has 0 spiro atoms. The first-order valence-electron chi connectivity index (χ1n) is 3.92. The fourth-order valence-corrected chi connectivity index (χ4v) is 1.42. The first-order valence-corrected chi connectivity index (χ1v) is 3.92. The molecular formula is C7H14N2O2. The third-order valence-corrected chi connectivity index (χ3v) is 2.02. The Morgan fingerprint density at radius 1 is 1.36 bits per heavy atom. The summed E-state index contributed by atoms with van der Waals surface area (Å²) >= 11 is 0. The Morgan fingerprint density at radius 2 is 2.00 bits per heavy atom. The van der Waals surface area contributed by atoms with Gasteiger partial charge in [0.2, 0.25) is 0 Å². The van der Waals surface area contributed by atoms with Crippen LogP contribution in [0.3, 0.4) is 0 Å². The molecule has 0 aromatic heterocycles. The van der Waals surface area contributed by atoms with Gasteiger partial charge in [-0.1, -0.05) is 6.42 Å². The van der Waals surface area contributed by atoms with Gasteiger partial charge in [-0.3, -0.25) is 0 Å². The molecule has 2 atom stereocenters. The van der Waals surface area contributed by atoms with Crippen LogP contribution < -0.4 is 11.5 Å². The van der Waals surface area contributed by atoms with Crippen LogP contribution in [0.2, 0.25) is 0 Å². The van der Waals surface area contributed by atoms with Gasteiger partial charge in [0.25, 0.3) is 0 Å². The molecule has 1 amide bonds. The van der Waals surface area contributed by atoms with Gasteiger partial charge in [-0.25, -0.2) is 4.79 Å². The lowest BCUT2D eigenvalue weighted by Gasteiger charge is -2.27. The van der Waals surface area contributed by atoms with Crippen molar-refractivity contribution >= 4 is 6.09 Å². The van der Waals surface area contributed by atoms with E-state index in [0.29, 0.717) is 0 Å². The van der Waals surface area contributed by atoms with Gasteiger partial charge in [-0.2, -0.15) is 0 Å². The normalized spacial score (nSPS) is 31.4. The molecule has 4 nitrogen and oxygen atoms in total. The molecule has 1 rings (SSSR count). The summed E-state index contributed by atoms with van der Waals surface area (Å²) < 4.78 is 4.82. The van der Waals surface area contributed by atoms with E-state index in [0.717, 1.165) is 25.7 Å². The van der Waals surface area contributed by atoms with Crippen molar-refractivity contribution in [3.8, 4) is 0 Å². The van der Waals surface area contributed by atoms with Crippen molar-refractivity contribution in [2.24, 2.45) is 11.5 Å². The number of carbonyl (C=O) groups excluding carboxylic acids is 1. The van der Waals surface area contributed by atoms with E-state index in [4.69, 9.17) is 16.2 Å². The van der Waals surface area contributed by atoms with Crippen LogP contribution in [0, 0.1) is 0 Å². The average molecular weight is 158 g/mol. The fourth-order valence-electron chi connectivity index (χ4n) is 1.42. The lowest BCUT2D eigenvalue weighted by Crippen LogP contribution is -2.41. The summed E-state index contributed by atoms with van der Waals surface area (Å²) in [6, 6.07) is -0.0174. The average Bonchev–Trinajstić information content (AvgIpc) is 1.93. The highest BCUT2D eigenvalue weighted by molar-refractivity contribution is 5.64. The molecule has 1 aliphatic rings. The molecule has 0 aromatic carbocycles. The lowest BCUT2D eigenvalue weighted by molar-refractivity contribution is 0.0695. The predicted octanol–water partition coefficient (Wildman–Crippen LogP) is 0.352. The van der Waals surface area contributed by atoms with Gasteiger partial charge < -0.3 is 16.2 Å². The zero-order chi connectivity index (χ0) is 8.27. The van der Waals surface area contributed by atoms with Crippen molar-refractivity contribution in [3.05, 3.63) is 0 Å². The summed E-state index contributed by atoms with van der Waals surface area (Å²) in [5, 5.41) is 0. The largest absolute Gasteiger partial charge is 0.445 e. The highest BCUT2D eigenvalue weighted by Gasteiger charge is 2.24. The standard InChI is InChI=1S/C7H14N2O2/c8-5-3-1-2-4-6(5)11-7(9)10/h5-6H,1-4,8H2,(H2,9,10)/t5-,6+/m0/s1. The van der Waals surface area contributed by atoms with E-state index in [9.17, 15) is 4.79 Å². The molecule has 4 heteroatoms. The number of ether oxygens (including phenoxy) is 1. The predicted molar refractivity (Wildman–Crippen MR) is 40.9 cm³/mol. The van der Waals surface area contributed by atoms with Gasteiger partial charge >= 0.3 is 6.09 Å². The molecule has 1 aliphatic carbocycles. The first kappa shape index (κ1) is 8.33. The number of amides is 1. The number of hydrogen-bond acceptors (Lipinski definition) is 3. The zero-order valence-corrected chi connectivity index (χ0v) is 6.45. The maximum atomic E-state index is 10.4. The van der Waals surface area contributed by atoms with Crippen molar-refractivity contribution in [1.29, 1.82) is 0 Å². The summed E-state index contributed by atoms with van der Waals surface area (Å²) in [4.78, 5) is 10.4. The summed E-state index contributed by atoms with van der Waals surface area (Å²) in [7, 11) is 0. The van der Waals surface area contributed by atoms with Gasteiger partial charge in [0.05, 0.1) is 0 Å². The fraction of sp³-hybridized carbons (Fsp3) is 0.857. The van der Waals surface area contributed by atoms with E-state index in [1.165, 1.54) is 0 Å². The molecule has 0 saturated heterocycles. The summed E-state index contributed by atoms with van der Waals surface area (Å²) in [6.07, 6.45) is 3.11. The van der Waals surface area contributed by atoms with E-state index < -0.39 is 6.09 Å². The Labute approximate surface area is 65.9 Å². The minimum Gasteiger partial charge on any atom is -0.445 e.